The topological polar surface area (TPSA) is 18.5 Å². The second-order valence-corrected chi connectivity index (χ2v) is 15.6. The zero-order chi connectivity index (χ0) is 33.3. The minimum Gasteiger partial charge on any atom is -0.344 e. The Balaban J connectivity index is 1.23. The Bertz CT molecular complexity index is 819. The molecular weight excluding hydrogens is 572 g/mol. The quantitative estimate of drug-likeness (QED) is 0.0569. The molecule has 2 bridgehead atoms. The Hall–Kier alpha value is -1.12. The van der Waals surface area contributed by atoms with E-state index in [0.29, 0.717) is 12.2 Å². The molecule has 0 aromatic carbocycles. The van der Waals surface area contributed by atoms with Gasteiger partial charge in [0.2, 0.25) is 0 Å². The van der Waals surface area contributed by atoms with Crippen LogP contribution in [-0.2, 0) is 9.47 Å². The number of hydrogen-bond acceptors (Lipinski definition) is 2. The van der Waals surface area contributed by atoms with Crippen LogP contribution in [0, 0.1) is 17.8 Å². The zero-order valence-corrected chi connectivity index (χ0v) is 31.6. The predicted molar refractivity (Wildman–Crippen MR) is 206 cm³/mol. The Morgan fingerprint density at radius 3 is 1.34 bits per heavy atom. The monoisotopic (exact) mass is 651 g/mol. The zero-order valence-electron chi connectivity index (χ0n) is 31.6. The molecule has 2 heteroatoms. The Kier molecular flexibility index (Phi) is 22.1. The molecule has 2 nitrogen and oxygen atoms in total. The molecule has 3 aliphatic rings. The molecule has 2 saturated carbocycles. The summed E-state index contributed by atoms with van der Waals surface area (Å²) in [7, 11) is 0. The van der Waals surface area contributed by atoms with Crippen LogP contribution >= 0.6 is 0 Å². The lowest BCUT2D eigenvalue weighted by molar-refractivity contribution is -0.196. The van der Waals surface area contributed by atoms with E-state index in [0.717, 1.165) is 43.4 Å². The van der Waals surface area contributed by atoms with Crippen LogP contribution < -0.4 is 0 Å². The Morgan fingerprint density at radius 1 is 0.468 bits per heavy atom. The second-order valence-electron chi connectivity index (χ2n) is 15.6. The van der Waals surface area contributed by atoms with Crippen LogP contribution in [0.4, 0.5) is 0 Å². The molecule has 0 aromatic rings. The fourth-order valence-corrected chi connectivity index (χ4v) is 8.54. The van der Waals surface area contributed by atoms with Crippen molar-refractivity contribution >= 4 is 0 Å². The van der Waals surface area contributed by atoms with E-state index in [1.807, 2.05) is 0 Å². The van der Waals surface area contributed by atoms with Crippen molar-refractivity contribution in [3.8, 4) is 0 Å². The number of unbranched alkanes of at least 4 members (excludes halogenated alkanes) is 18. The highest BCUT2D eigenvalue weighted by molar-refractivity contribution is 5.06. The molecule has 0 aromatic heterocycles. The largest absolute Gasteiger partial charge is 0.344 e. The maximum Gasteiger partial charge on any atom is 0.169 e. The van der Waals surface area contributed by atoms with Crippen molar-refractivity contribution in [2.75, 3.05) is 0 Å². The minimum atomic E-state index is -0.277. The SMILES string of the molecule is CCCCC/C=C\C/C=C\CCCCCCCCC1(CCCCCCCC/C=C\C/C=C\CCCCC)O[C@@H]2C3CC([C@H](C)C3)[C@H]2O1. The lowest BCUT2D eigenvalue weighted by Crippen LogP contribution is -2.33. The van der Waals surface area contributed by atoms with E-state index in [-0.39, 0.29) is 5.79 Å². The van der Waals surface area contributed by atoms with E-state index in [9.17, 15) is 0 Å². The average Bonchev–Trinajstić information content (AvgIpc) is 3.74. The van der Waals surface area contributed by atoms with E-state index < -0.39 is 0 Å². The van der Waals surface area contributed by atoms with Crippen molar-refractivity contribution < 1.29 is 9.47 Å². The third kappa shape index (κ3) is 16.4. The van der Waals surface area contributed by atoms with Crippen LogP contribution in [0.3, 0.4) is 0 Å². The first-order chi connectivity index (χ1) is 23.2. The molecule has 1 aliphatic heterocycles. The molecule has 2 unspecified atom stereocenters. The van der Waals surface area contributed by atoms with E-state index in [4.69, 9.17) is 9.47 Å². The summed E-state index contributed by atoms with van der Waals surface area (Å²) in [5.74, 6) is 2.05. The lowest BCUT2D eigenvalue weighted by atomic mass is 9.86. The lowest BCUT2D eigenvalue weighted by Gasteiger charge is -2.30. The molecular formula is C45H78O2. The summed E-state index contributed by atoms with van der Waals surface area (Å²) in [5, 5.41) is 0. The van der Waals surface area contributed by atoms with Crippen LogP contribution in [-0.4, -0.2) is 18.0 Å². The van der Waals surface area contributed by atoms with Crippen molar-refractivity contribution in [2.45, 2.75) is 219 Å². The minimum absolute atomic E-state index is 0.277. The van der Waals surface area contributed by atoms with Crippen molar-refractivity contribution in [3.63, 3.8) is 0 Å². The summed E-state index contributed by atoms with van der Waals surface area (Å²) in [6.07, 6.45) is 55.9. The number of hydrogen-bond donors (Lipinski definition) is 0. The summed E-state index contributed by atoms with van der Waals surface area (Å²) < 4.78 is 13.9. The standard InChI is InChI=1S/C45H78O2/c1-4-6-8-10-12-14-16-18-20-22-24-26-28-30-32-34-36-45(46-43-41-38-40(3)42(39-41)44(43)47-45)37-35-33-31-29-27-25-23-21-19-17-15-13-11-9-7-5-2/h12-15,18-21,40-44H,4-11,16-17,22-39H2,1-3H3/b14-12-,15-13-,20-18-,21-19-/t40-,41?,42?,43-,44-/m1/s1. The van der Waals surface area contributed by atoms with Crippen LogP contribution in [0.2, 0.25) is 0 Å². The van der Waals surface area contributed by atoms with Crippen LogP contribution in [0.1, 0.15) is 201 Å². The van der Waals surface area contributed by atoms with Crippen LogP contribution in [0.25, 0.3) is 0 Å². The molecule has 1 heterocycles. The molecule has 2 aliphatic carbocycles. The van der Waals surface area contributed by atoms with Gasteiger partial charge in [-0.2, -0.15) is 0 Å². The first-order valence-electron chi connectivity index (χ1n) is 21.1. The third-order valence-electron chi connectivity index (χ3n) is 11.4. The summed E-state index contributed by atoms with van der Waals surface area (Å²) in [6, 6.07) is 0. The van der Waals surface area contributed by atoms with E-state index in [2.05, 4.69) is 69.4 Å². The first-order valence-corrected chi connectivity index (χ1v) is 21.1. The van der Waals surface area contributed by atoms with Gasteiger partial charge in [-0.3, -0.25) is 0 Å². The number of rotatable bonds is 30. The number of allylic oxidation sites excluding steroid dienone is 8. The van der Waals surface area contributed by atoms with Gasteiger partial charge < -0.3 is 9.47 Å². The van der Waals surface area contributed by atoms with Gasteiger partial charge in [0.1, 0.15) is 0 Å². The fraction of sp³-hybridized carbons (Fsp3) is 0.822. The maximum absolute atomic E-state index is 6.98. The summed E-state index contributed by atoms with van der Waals surface area (Å²) in [6.45, 7) is 7.00. The fourth-order valence-electron chi connectivity index (χ4n) is 8.54. The van der Waals surface area contributed by atoms with Gasteiger partial charge in [0.15, 0.2) is 5.79 Å². The predicted octanol–water partition coefficient (Wildman–Crippen LogP) is 14.5. The highest BCUT2D eigenvalue weighted by Gasteiger charge is 2.60. The third-order valence-corrected chi connectivity index (χ3v) is 11.4. The van der Waals surface area contributed by atoms with Crippen molar-refractivity contribution in [1.29, 1.82) is 0 Å². The molecule has 3 fully saturated rings. The summed E-state index contributed by atoms with van der Waals surface area (Å²) in [4.78, 5) is 0. The average molecular weight is 651 g/mol. The van der Waals surface area contributed by atoms with Gasteiger partial charge in [-0.25, -0.2) is 0 Å². The highest BCUT2D eigenvalue weighted by Crippen LogP contribution is 2.57. The highest BCUT2D eigenvalue weighted by atomic mass is 16.8. The van der Waals surface area contributed by atoms with Gasteiger partial charge in [-0.15, -0.1) is 0 Å². The Morgan fingerprint density at radius 2 is 0.872 bits per heavy atom. The molecule has 270 valence electrons. The smallest absolute Gasteiger partial charge is 0.169 e. The van der Waals surface area contributed by atoms with E-state index >= 15 is 0 Å². The van der Waals surface area contributed by atoms with Gasteiger partial charge in [0, 0.05) is 12.8 Å². The maximum atomic E-state index is 6.98. The van der Waals surface area contributed by atoms with Crippen LogP contribution in [0.15, 0.2) is 48.6 Å². The normalized spacial score (nSPS) is 25.1. The van der Waals surface area contributed by atoms with Gasteiger partial charge in [-0.05, 0) is 108 Å². The number of fused-ring (bicyclic) bond motifs is 5. The van der Waals surface area contributed by atoms with Crippen molar-refractivity contribution in [2.24, 2.45) is 17.8 Å². The van der Waals surface area contributed by atoms with Gasteiger partial charge in [0.05, 0.1) is 12.2 Å². The van der Waals surface area contributed by atoms with E-state index in [1.165, 1.54) is 154 Å². The summed E-state index contributed by atoms with van der Waals surface area (Å²) >= 11 is 0. The molecule has 3 rings (SSSR count). The number of ether oxygens (including phenoxy) is 2. The first kappa shape index (κ1) is 40.3. The molecule has 0 radical (unpaired) electrons. The molecule has 1 saturated heterocycles. The Labute approximate surface area is 293 Å². The van der Waals surface area contributed by atoms with Gasteiger partial charge in [-0.1, -0.05) is 146 Å². The molecule has 0 N–H and O–H groups in total. The van der Waals surface area contributed by atoms with Gasteiger partial charge >= 0.3 is 0 Å². The molecule has 47 heavy (non-hydrogen) atoms. The summed E-state index contributed by atoms with van der Waals surface area (Å²) in [5.41, 5.74) is 0. The molecule has 0 amide bonds. The van der Waals surface area contributed by atoms with Crippen molar-refractivity contribution in [1.82, 2.24) is 0 Å². The second kappa shape index (κ2) is 25.8. The van der Waals surface area contributed by atoms with E-state index in [1.54, 1.807) is 0 Å². The molecule has 0 spiro atoms. The van der Waals surface area contributed by atoms with Crippen molar-refractivity contribution in [3.05, 3.63) is 48.6 Å². The molecule has 5 atom stereocenters. The van der Waals surface area contributed by atoms with Crippen LogP contribution in [0.5, 0.6) is 0 Å². The van der Waals surface area contributed by atoms with Gasteiger partial charge in [0.25, 0.3) is 0 Å².